The van der Waals surface area contributed by atoms with Gasteiger partial charge in [-0.15, -0.1) is 0 Å². The highest BCUT2D eigenvalue weighted by Gasteiger charge is 2.24. The van der Waals surface area contributed by atoms with E-state index >= 15 is 0 Å². The Morgan fingerprint density at radius 2 is 2.40 bits per heavy atom. The molecule has 6 heteroatoms. The van der Waals surface area contributed by atoms with Gasteiger partial charge in [0.25, 0.3) is 0 Å². The minimum Gasteiger partial charge on any atom is -0.327 e. The Bertz CT molecular complexity index is 354. The molecule has 0 unspecified atom stereocenters. The minimum atomic E-state index is 0.464. The predicted molar refractivity (Wildman–Crippen MR) is 58.2 cm³/mol. The van der Waals surface area contributed by atoms with Gasteiger partial charge in [0, 0.05) is 19.3 Å². The Hall–Kier alpha value is -1.79. The number of hydrogen-bond acceptors (Lipinski definition) is 6. The molecule has 15 heavy (non-hydrogen) atoms. The van der Waals surface area contributed by atoms with E-state index in [2.05, 4.69) is 16.1 Å². The molecule has 2 aliphatic heterocycles. The average Bonchev–Trinajstić information content (AvgIpc) is 2.67. The molecule has 0 aromatic carbocycles. The van der Waals surface area contributed by atoms with Crippen LogP contribution in [0.4, 0.5) is 0 Å². The molecule has 0 amide bonds. The van der Waals surface area contributed by atoms with Crippen LogP contribution >= 0.6 is 0 Å². The fraction of sp³-hybridized carbons (Fsp3) is 0.222. The molecule has 0 saturated carbocycles. The number of rotatable bonds is 2. The van der Waals surface area contributed by atoms with Gasteiger partial charge in [-0.3, -0.25) is 0 Å². The molecule has 2 aliphatic rings. The maximum Gasteiger partial charge on any atom is 0.125 e. The highest BCUT2D eigenvalue weighted by molar-refractivity contribution is 5.69. The number of fused-ring (bicyclic) bond motifs is 1. The van der Waals surface area contributed by atoms with Gasteiger partial charge >= 0.3 is 0 Å². The van der Waals surface area contributed by atoms with E-state index in [0.29, 0.717) is 6.54 Å². The molecule has 1 saturated heterocycles. The first-order valence-electron chi connectivity index (χ1n) is 4.74. The Labute approximate surface area is 88.0 Å². The fourth-order valence-electron chi connectivity index (χ4n) is 1.52. The normalized spacial score (nSPS) is 24.6. The number of hydrogen-bond donors (Lipinski definition) is 5. The fourth-order valence-corrected chi connectivity index (χ4v) is 1.52. The second kappa shape index (κ2) is 4.16. The van der Waals surface area contributed by atoms with Crippen LogP contribution < -0.4 is 21.8 Å². The van der Waals surface area contributed by atoms with Gasteiger partial charge in [-0.2, -0.15) is 0 Å². The monoisotopic (exact) mass is 206 g/mol. The maximum absolute atomic E-state index is 7.02. The van der Waals surface area contributed by atoms with Gasteiger partial charge in [0.05, 0.1) is 0 Å². The summed E-state index contributed by atoms with van der Waals surface area (Å²) in [5.41, 5.74) is 8.65. The first-order valence-corrected chi connectivity index (χ1v) is 4.74. The van der Waals surface area contributed by atoms with Crippen LogP contribution in [0.1, 0.15) is 0 Å². The molecule has 6 nitrogen and oxygen atoms in total. The number of allylic oxidation sites excluding steroid dienone is 1. The molecular formula is C9H14N6. The lowest BCUT2D eigenvalue weighted by atomic mass is 10.4. The smallest absolute Gasteiger partial charge is 0.125 e. The molecule has 0 bridgehead atoms. The third-order valence-electron chi connectivity index (χ3n) is 2.11. The molecule has 0 aromatic rings. The van der Waals surface area contributed by atoms with E-state index < -0.39 is 0 Å². The summed E-state index contributed by atoms with van der Waals surface area (Å²) in [6.07, 6.45) is 6.79. The van der Waals surface area contributed by atoms with Crippen LogP contribution in [0.2, 0.25) is 0 Å². The second-order valence-electron chi connectivity index (χ2n) is 3.11. The van der Waals surface area contributed by atoms with Crippen LogP contribution in [-0.2, 0) is 0 Å². The van der Waals surface area contributed by atoms with E-state index in [4.69, 9.17) is 11.1 Å². The summed E-state index contributed by atoms with van der Waals surface area (Å²) in [6, 6.07) is 0. The zero-order valence-corrected chi connectivity index (χ0v) is 8.25. The molecule has 2 heterocycles. The van der Waals surface area contributed by atoms with Gasteiger partial charge in [-0.1, -0.05) is 0 Å². The second-order valence-corrected chi connectivity index (χ2v) is 3.11. The third kappa shape index (κ3) is 1.85. The highest BCUT2D eigenvalue weighted by atomic mass is 15.6. The summed E-state index contributed by atoms with van der Waals surface area (Å²) in [6.45, 7) is 1.25. The molecule has 0 aliphatic carbocycles. The van der Waals surface area contributed by atoms with E-state index in [1.807, 2.05) is 17.2 Å². The van der Waals surface area contributed by atoms with Crippen molar-refractivity contribution < 1.29 is 0 Å². The van der Waals surface area contributed by atoms with Gasteiger partial charge in [0.15, 0.2) is 0 Å². The number of hydrazine groups is 1. The SMILES string of the molecule is N=C/C=C1\NC2=CCNN2/C(=C/CN)N1. The lowest BCUT2D eigenvalue weighted by molar-refractivity contribution is 0.294. The molecule has 80 valence electrons. The van der Waals surface area contributed by atoms with Crippen molar-refractivity contribution in [1.29, 1.82) is 5.41 Å². The summed E-state index contributed by atoms with van der Waals surface area (Å²) in [5, 5.41) is 15.2. The quantitative estimate of drug-likeness (QED) is 0.379. The van der Waals surface area contributed by atoms with Crippen molar-refractivity contribution in [3.05, 3.63) is 35.7 Å². The van der Waals surface area contributed by atoms with Crippen molar-refractivity contribution in [2.24, 2.45) is 5.73 Å². The first-order chi connectivity index (χ1) is 7.35. The average molecular weight is 206 g/mol. The molecule has 6 N–H and O–H groups in total. The van der Waals surface area contributed by atoms with Gasteiger partial charge in [0.1, 0.15) is 17.5 Å². The molecular weight excluding hydrogens is 192 g/mol. The lowest BCUT2D eigenvalue weighted by Crippen LogP contribution is -2.48. The summed E-state index contributed by atoms with van der Waals surface area (Å²) in [7, 11) is 0. The summed E-state index contributed by atoms with van der Waals surface area (Å²) < 4.78 is 0. The molecule has 0 radical (unpaired) electrons. The number of nitrogens with one attached hydrogen (secondary N) is 4. The van der Waals surface area contributed by atoms with Crippen LogP contribution in [0.3, 0.4) is 0 Å². The standard InChI is InChI=1S/C9H14N6/c10-4-1-7-13-8(2-5-11)15-9(14-7)3-6-12-15/h1-4,10,12-14H,5-6,11H2/b7-1-,8-2+,10-4?. The molecule has 2 rings (SSSR count). The highest BCUT2D eigenvalue weighted by Crippen LogP contribution is 2.16. The van der Waals surface area contributed by atoms with E-state index in [0.717, 1.165) is 24.0 Å². The minimum absolute atomic E-state index is 0.464. The third-order valence-corrected chi connectivity index (χ3v) is 2.11. The molecule has 0 spiro atoms. The van der Waals surface area contributed by atoms with Crippen molar-refractivity contribution in [2.45, 2.75) is 0 Å². The van der Waals surface area contributed by atoms with Gasteiger partial charge < -0.3 is 21.8 Å². The van der Waals surface area contributed by atoms with E-state index in [1.54, 1.807) is 6.08 Å². The van der Waals surface area contributed by atoms with E-state index in [1.165, 1.54) is 6.21 Å². The topological polar surface area (TPSA) is 89.2 Å². The summed E-state index contributed by atoms with van der Waals surface area (Å²) in [4.78, 5) is 0. The van der Waals surface area contributed by atoms with Gasteiger partial charge in [0.2, 0.25) is 0 Å². The zero-order chi connectivity index (χ0) is 10.7. The van der Waals surface area contributed by atoms with Crippen molar-refractivity contribution in [3.8, 4) is 0 Å². The largest absolute Gasteiger partial charge is 0.327 e. The number of nitrogens with two attached hydrogens (primary N) is 1. The van der Waals surface area contributed by atoms with Crippen molar-refractivity contribution in [3.63, 3.8) is 0 Å². The molecule has 1 fully saturated rings. The maximum atomic E-state index is 7.02. The van der Waals surface area contributed by atoms with Gasteiger partial charge in [-0.25, -0.2) is 10.4 Å². The van der Waals surface area contributed by atoms with Gasteiger partial charge in [-0.05, 0) is 18.2 Å². The summed E-state index contributed by atoms with van der Waals surface area (Å²) in [5.74, 6) is 2.62. The Morgan fingerprint density at radius 1 is 1.53 bits per heavy atom. The van der Waals surface area contributed by atoms with Crippen LogP contribution in [0.5, 0.6) is 0 Å². The Morgan fingerprint density at radius 3 is 3.13 bits per heavy atom. The van der Waals surface area contributed by atoms with E-state index in [9.17, 15) is 0 Å². The predicted octanol–water partition coefficient (Wildman–Crippen LogP) is -0.868. The molecule has 0 aromatic heterocycles. The van der Waals surface area contributed by atoms with Crippen LogP contribution in [0.15, 0.2) is 35.7 Å². The zero-order valence-electron chi connectivity index (χ0n) is 8.25. The lowest BCUT2D eigenvalue weighted by Gasteiger charge is -2.33. The van der Waals surface area contributed by atoms with Crippen LogP contribution in [-0.4, -0.2) is 24.3 Å². The number of nitrogens with zero attached hydrogens (tertiary/aromatic N) is 1. The van der Waals surface area contributed by atoms with Crippen molar-refractivity contribution in [2.75, 3.05) is 13.1 Å². The first kappa shape index (κ1) is 9.75. The molecule has 0 atom stereocenters. The van der Waals surface area contributed by atoms with Crippen molar-refractivity contribution >= 4 is 6.21 Å². The van der Waals surface area contributed by atoms with Crippen molar-refractivity contribution in [1.82, 2.24) is 21.1 Å². The summed E-state index contributed by atoms with van der Waals surface area (Å²) >= 11 is 0. The Balaban J connectivity index is 2.25. The van der Waals surface area contributed by atoms with E-state index in [-0.39, 0.29) is 0 Å². The van der Waals surface area contributed by atoms with Crippen LogP contribution in [0, 0.1) is 5.41 Å². The van der Waals surface area contributed by atoms with Crippen LogP contribution in [0.25, 0.3) is 0 Å². The Kier molecular flexibility index (Phi) is 2.70.